The van der Waals surface area contributed by atoms with E-state index < -0.39 is 0 Å². The number of nitrogens with zero attached hydrogens (tertiary/aromatic N) is 3. The number of halogens is 1. The third-order valence-electron chi connectivity index (χ3n) is 4.86. The van der Waals surface area contributed by atoms with Crippen LogP contribution in [-0.4, -0.2) is 57.6 Å². The fourth-order valence-electron chi connectivity index (χ4n) is 3.50. The van der Waals surface area contributed by atoms with Crippen LogP contribution in [-0.2, 0) is 6.42 Å². The SMILES string of the molecule is CC1CN(C(=O)c2ccc(=O)[nH]n2)CC(C)N1CCc1ccc(F)cc1. The van der Waals surface area contributed by atoms with Crippen LogP contribution in [0.2, 0.25) is 0 Å². The first kappa shape index (κ1) is 18.3. The summed E-state index contributed by atoms with van der Waals surface area (Å²) in [6.07, 6.45) is 0.838. The summed E-state index contributed by atoms with van der Waals surface area (Å²) in [5.74, 6) is -0.392. The molecule has 1 aliphatic rings. The van der Waals surface area contributed by atoms with Gasteiger partial charge in [0.2, 0.25) is 0 Å². The fraction of sp³-hybridized carbons (Fsp3) is 0.421. The van der Waals surface area contributed by atoms with Crippen molar-refractivity contribution in [1.29, 1.82) is 0 Å². The zero-order valence-corrected chi connectivity index (χ0v) is 15.0. The smallest absolute Gasteiger partial charge is 0.274 e. The number of H-pyrrole nitrogens is 1. The molecule has 1 aromatic carbocycles. The molecule has 0 aliphatic carbocycles. The number of hydrogen-bond acceptors (Lipinski definition) is 4. The number of carbonyl (C=O) groups excluding carboxylic acids is 1. The van der Waals surface area contributed by atoms with Crippen LogP contribution in [0.1, 0.15) is 29.9 Å². The molecule has 3 rings (SSSR count). The minimum Gasteiger partial charge on any atom is -0.334 e. The van der Waals surface area contributed by atoms with Crippen LogP contribution < -0.4 is 5.56 Å². The molecule has 0 saturated carbocycles. The van der Waals surface area contributed by atoms with Gasteiger partial charge in [0.1, 0.15) is 11.5 Å². The molecule has 26 heavy (non-hydrogen) atoms. The molecule has 1 fully saturated rings. The summed E-state index contributed by atoms with van der Waals surface area (Å²) in [5.41, 5.74) is 1.03. The molecule has 0 spiro atoms. The van der Waals surface area contributed by atoms with Gasteiger partial charge in [-0.3, -0.25) is 14.5 Å². The highest BCUT2D eigenvalue weighted by molar-refractivity contribution is 5.92. The second kappa shape index (κ2) is 7.78. The first-order valence-electron chi connectivity index (χ1n) is 8.79. The summed E-state index contributed by atoms with van der Waals surface area (Å²) < 4.78 is 13.0. The van der Waals surface area contributed by atoms with Crippen molar-refractivity contribution < 1.29 is 9.18 Å². The molecule has 1 amide bonds. The van der Waals surface area contributed by atoms with Gasteiger partial charge < -0.3 is 4.90 Å². The number of aromatic amines is 1. The van der Waals surface area contributed by atoms with Gasteiger partial charge in [-0.05, 0) is 44.0 Å². The first-order chi connectivity index (χ1) is 12.4. The molecule has 1 N–H and O–H groups in total. The molecule has 1 aromatic heterocycles. The lowest BCUT2D eigenvalue weighted by Gasteiger charge is -2.44. The minimum atomic E-state index is -0.325. The van der Waals surface area contributed by atoms with Gasteiger partial charge in [-0.15, -0.1) is 0 Å². The lowest BCUT2D eigenvalue weighted by Crippen LogP contribution is -2.58. The van der Waals surface area contributed by atoms with Gasteiger partial charge in [0.05, 0.1) is 0 Å². The average molecular weight is 358 g/mol. The maximum Gasteiger partial charge on any atom is 0.274 e. The van der Waals surface area contributed by atoms with E-state index in [1.54, 1.807) is 4.90 Å². The second-order valence-electron chi connectivity index (χ2n) is 6.83. The Kier molecular flexibility index (Phi) is 5.46. The normalized spacial score (nSPS) is 21.0. The fourth-order valence-corrected chi connectivity index (χ4v) is 3.50. The van der Waals surface area contributed by atoms with E-state index >= 15 is 0 Å². The number of amides is 1. The summed E-state index contributed by atoms with van der Waals surface area (Å²) in [5, 5.41) is 6.14. The Morgan fingerprint density at radius 3 is 2.38 bits per heavy atom. The predicted molar refractivity (Wildman–Crippen MR) is 96.5 cm³/mol. The standard InChI is InChI=1S/C19H23FN4O2/c1-13-11-23(19(26)17-7-8-18(25)22-21-17)12-14(2)24(13)10-9-15-3-5-16(20)6-4-15/h3-8,13-14H,9-12H2,1-2H3,(H,22,25). The van der Waals surface area contributed by atoms with Gasteiger partial charge >= 0.3 is 0 Å². The Morgan fingerprint density at radius 1 is 1.15 bits per heavy atom. The summed E-state index contributed by atoms with van der Waals surface area (Å²) >= 11 is 0. The highest BCUT2D eigenvalue weighted by atomic mass is 19.1. The molecule has 1 aliphatic heterocycles. The summed E-state index contributed by atoms with van der Waals surface area (Å²) in [6.45, 7) is 6.26. The monoisotopic (exact) mass is 358 g/mol. The van der Waals surface area contributed by atoms with Gasteiger partial charge in [0.15, 0.2) is 0 Å². The molecule has 0 bridgehead atoms. The van der Waals surface area contributed by atoms with Crippen LogP contribution in [0.25, 0.3) is 0 Å². The lowest BCUT2D eigenvalue weighted by molar-refractivity contribution is 0.0306. The number of nitrogens with one attached hydrogen (secondary N) is 1. The van der Waals surface area contributed by atoms with Crippen molar-refractivity contribution in [2.45, 2.75) is 32.4 Å². The maximum absolute atomic E-state index is 13.0. The van der Waals surface area contributed by atoms with E-state index in [0.717, 1.165) is 18.5 Å². The predicted octanol–water partition coefficient (Wildman–Crippen LogP) is 1.69. The van der Waals surface area contributed by atoms with E-state index in [9.17, 15) is 14.0 Å². The Balaban J connectivity index is 1.61. The van der Waals surface area contributed by atoms with Crippen molar-refractivity contribution in [3.05, 3.63) is 63.8 Å². The third-order valence-corrected chi connectivity index (χ3v) is 4.86. The number of hydrogen-bond donors (Lipinski definition) is 1. The van der Waals surface area contributed by atoms with Gasteiger partial charge in [0.25, 0.3) is 11.5 Å². The highest BCUT2D eigenvalue weighted by Gasteiger charge is 2.32. The summed E-state index contributed by atoms with van der Waals surface area (Å²) in [6, 6.07) is 9.75. The van der Waals surface area contributed by atoms with Crippen LogP contribution in [0.4, 0.5) is 4.39 Å². The zero-order chi connectivity index (χ0) is 18.7. The Labute approximate surface area is 151 Å². The largest absolute Gasteiger partial charge is 0.334 e. The Morgan fingerprint density at radius 2 is 1.81 bits per heavy atom. The van der Waals surface area contributed by atoms with Crippen LogP contribution >= 0.6 is 0 Å². The number of piperazine rings is 1. The van der Waals surface area contributed by atoms with Crippen molar-refractivity contribution >= 4 is 5.91 Å². The molecule has 0 radical (unpaired) electrons. The van der Waals surface area contributed by atoms with E-state index in [4.69, 9.17) is 0 Å². The Bertz CT molecular complexity index is 789. The van der Waals surface area contributed by atoms with E-state index in [1.807, 2.05) is 12.1 Å². The van der Waals surface area contributed by atoms with Crippen molar-refractivity contribution in [3.8, 4) is 0 Å². The molecular weight excluding hydrogens is 335 g/mol. The second-order valence-corrected chi connectivity index (χ2v) is 6.83. The summed E-state index contributed by atoms with van der Waals surface area (Å²) in [4.78, 5) is 27.9. The van der Waals surface area contributed by atoms with Crippen molar-refractivity contribution in [2.75, 3.05) is 19.6 Å². The number of carbonyl (C=O) groups is 1. The van der Waals surface area contributed by atoms with Crippen LogP contribution in [0.15, 0.2) is 41.2 Å². The molecular formula is C19H23FN4O2. The van der Waals surface area contributed by atoms with E-state index in [2.05, 4.69) is 28.9 Å². The van der Waals surface area contributed by atoms with Crippen LogP contribution in [0.3, 0.4) is 0 Å². The average Bonchev–Trinajstić information content (AvgIpc) is 2.62. The van der Waals surface area contributed by atoms with Gasteiger partial charge in [-0.1, -0.05) is 12.1 Å². The molecule has 2 aromatic rings. The van der Waals surface area contributed by atoms with E-state index in [0.29, 0.717) is 13.1 Å². The van der Waals surface area contributed by atoms with E-state index in [1.165, 1.54) is 24.3 Å². The highest BCUT2D eigenvalue weighted by Crippen LogP contribution is 2.18. The maximum atomic E-state index is 13.0. The van der Waals surface area contributed by atoms with Gasteiger partial charge in [-0.25, -0.2) is 9.49 Å². The van der Waals surface area contributed by atoms with E-state index in [-0.39, 0.29) is 35.1 Å². The molecule has 7 heteroatoms. The van der Waals surface area contributed by atoms with Crippen molar-refractivity contribution in [3.63, 3.8) is 0 Å². The molecule has 6 nitrogen and oxygen atoms in total. The topological polar surface area (TPSA) is 69.3 Å². The molecule has 2 heterocycles. The molecule has 138 valence electrons. The molecule has 2 atom stereocenters. The summed E-state index contributed by atoms with van der Waals surface area (Å²) in [7, 11) is 0. The first-order valence-corrected chi connectivity index (χ1v) is 8.79. The van der Waals surface area contributed by atoms with Crippen LogP contribution in [0, 0.1) is 5.82 Å². The number of aromatic nitrogens is 2. The number of rotatable bonds is 4. The van der Waals surface area contributed by atoms with Crippen molar-refractivity contribution in [1.82, 2.24) is 20.0 Å². The minimum absolute atomic E-state index is 0.168. The van der Waals surface area contributed by atoms with Gasteiger partial charge in [0, 0.05) is 37.8 Å². The lowest BCUT2D eigenvalue weighted by atomic mass is 10.1. The number of benzene rings is 1. The third kappa shape index (κ3) is 4.16. The quantitative estimate of drug-likeness (QED) is 0.903. The van der Waals surface area contributed by atoms with Crippen molar-refractivity contribution in [2.24, 2.45) is 0 Å². The van der Waals surface area contributed by atoms with Crippen LogP contribution in [0.5, 0.6) is 0 Å². The molecule has 1 saturated heterocycles. The van der Waals surface area contributed by atoms with Gasteiger partial charge in [-0.2, -0.15) is 5.10 Å². The Hall–Kier alpha value is -2.54. The molecule has 2 unspecified atom stereocenters. The zero-order valence-electron chi connectivity index (χ0n) is 15.0.